The molecular formula is C12H15F3N2O2. The Bertz CT molecular complexity index is 432. The molecule has 0 spiro atoms. The standard InChI is InChI=1S/C12H15F3N2O2/c1-7(6-19-2)17-11(18)5-16-12-9(14)3-8(13)4-10(12)15/h3-4,7,16H,5-6H2,1-2H3,(H,17,18). The summed E-state index contributed by atoms with van der Waals surface area (Å²) in [6.45, 7) is 1.72. The molecule has 1 rings (SSSR count). The first-order valence-corrected chi connectivity index (χ1v) is 5.60. The highest BCUT2D eigenvalue weighted by molar-refractivity contribution is 5.81. The molecule has 4 nitrogen and oxygen atoms in total. The van der Waals surface area contributed by atoms with Gasteiger partial charge < -0.3 is 15.4 Å². The largest absolute Gasteiger partial charge is 0.383 e. The van der Waals surface area contributed by atoms with Crippen molar-refractivity contribution < 1.29 is 22.7 Å². The lowest BCUT2D eigenvalue weighted by atomic mass is 10.2. The molecule has 1 atom stereocenters. The average Bonchev–Trinajstić information content (AvgIpc) is 2.27. The summed E-state index contributed by atoms with van der Waals surface area (Å²) in [5.74, 6) is -3.64. The lowest BCUT2D eigenvalue weighted by molar-refractivity contribution is -0.120. The van der Waals surface area contributed by atoms with E-state index in [9.17, 15) is 18.0 Å². The summed E-state index contributed by atoms with van der Waals surface area (Å²) in [4.78, 5) is 11.4. The van der Waals surface area contributed by atoms with E-state index in [0.717, 1.165) is 0 Å². The molecule has 0 saturated carbocycles. The maximum atomic E-state index is 13.3. The summed E-state index contributed by atoms with van der Waals surface area (Å²) in [7, 11) is 1.49. The maximum Gasteiger partial charge on any atom is 0.239 e. The van der Waals surface area contributed by atoms with Crippen LogP contribution in [-0.2, 0) is 9.53 Å². The zero-order chi connectivity index (χ0) is 14.4. The third kappa shape index (κ3) is 4.78. The van der Waals surface area contributed by atoms with Gasteiger partial charge in [-0.15, -0.1) is 0 Å². The van der Waals surface area contributed by atoms with Gasteiger partial charge in [-0.3, -0.25) is 4.79 Å². The quantitative estimate of drug-likeness (QED) is 0.831. The molecule has 7 heteroatoms. The zero-order valence-corrected chi connectivity index (χ0v) is 10.6. The highest BCUT2D eigenvalue weighted by Gasteiger charge is 2.13. The molecule has 1 unspecified atom stereocenters. The van der Waals surface area contributed by atoms with Crippen molar-refractivity contribution in [3.05, 3.63) is 29.6 Å². The number of rotatable bonds is 6. The van der Waals surface area contributed by atoms with Crippen LogP contribution in [0.15, 0.2) is 12.1 Å². The van der Waals surface area contributed by atoms with Gasteiger partial charge in [-0.1, -0.05) is 0 Å². The lowest BCUT2D eigenvalue weighted by Crippen LogP contribution is -2.39. The highest BCUT2D eigenvalue weighted by Crippen LogP contribution is 2.19. The van der Waals surface area contributed by atoms with Crippen molar-refractivity contribution in [2.24, 2.45) is 0 Å². The van der Waals surface area contributed by atoms with E-state index in [1.54, 1.807) is 6.92 Å². The Hall–Kier alpha value is -1.76. The van der Waals surface area contributed by atoms with Gasteiger partial charge in [0.25, 0.3) is 0 Å². The van der Waals surface area contributed by atoms with E-state index in [-0.39, 0.29) is 12.6 Å². The third-order valence-electron chi connectivity index (χ3n) is 2.26. The van der Waals surface area contributed by atoms with E-state index in [1.165, 1.54) is 7.11 Å². The fraction of sp³-hybridized carbons (Fsp3) is 0.417. The summed E-state index contributed by atoms with van der Waals surface area (Å²) in [6.07, 6.45) is 0. The van der Waals surface area contributed by atoms with Crippen LogP contribution in [0.1, 0.15) is 6.92 Å². The van der Waals surface area contributed by atoms with E-state index in [2.05, 4.69) is 10.6 Å². The summed E-state index contributed by atoms with van der Waals surface area (Å²) in [5.41, 5.74) is -0.532. The first-order valence-electron chi connectivity index (χ1n) is 5.60. The Balaban J connectivity index is 2.55. The van der Waals surface area contributed by atoms with E-state index in [1.807, 2.05) is 0 Å². The highest BCUT2D eigenvalue weighted by atomic mass is 19.1. The first kappa shape index (κ1) is 15.3. The van der Waals surface area contributed by atoms with Crippen molar-refractivity contribution >= 4 is 11.6 Å². The minimum atomic E-state index is -1.09. The van der Waals surface area contributed by atoms with Gasteiger partial charge in [0.05, 0.1) is 13.2 Å². The molecular weight excluding hydrogens is 261 g/mol. The minimum Gasteiger partial charge on any atom is -0.383 e. The molecule has 106 valence electrons. The van der Waals surface area contributed by atoms with Crippen LogP contribution in [0.2, 0.25) is 0 Å². The summed E-state index contributed by atoms with van der Waals surface area (Å²) in [6, 6.07) is 0.857. The van der Waals surface area contributed by atoms with Gasteiger partial charge in [0.2, 0.25) is 5.91 Å². The molecule has 2 N–H and O–H groups in total. The molecule has 0 fully saturated rings. The average molecular weight is 276 g/mol. The van der Waals surface area contributed by atoms with Gasteiger partial charge >= 0.3 is 0 Å². The van der Waals surface area contributed by atoms with Crippen molar-refractivity contribution in [2.75, 3.05) is 25.6 Å². The van der Waals surface area contributed by atoms with Gasteiger partial charge in [-0.2, -0.15) is 0 Å². The fourth-order valence-electron chi connectivity index (χ4n) is 1.50. The van der Waals surface area contributed by atoms with Crippen LogP contribution in [0, 0.1) is 17.5 Å². The predicted molar refractivity (Wildman–Crippen MR) is 64.3 cm³/mol. The second-order valence-electron chi connectivity index (χ2n) is 4.02. The van der Waals surface area contributed by atoms with Gasteiger partial charge in [0.15, 0.2) is 11.6 Å². The molecule has 0 aliphatic carbocycles. The molecule has 0 saturated heterocycles. The van der Waals surface area contributed by atoms with Crippen molar-refractivity contribution in [2.45, 2.75) is 13.0 Å². The normalized spacial score (nSPS) is 12.1. The number of ether oxygens (including phenoxy) is 1. The number of hydrogen-bond donors (Lipinski definition) is 2. The van der Waals surface area contributed by atoms with Crippen LogP contribution in [-0.4, -0.2) is 32.2 Å². The Morgan fingerprint density at radius 3 is 2.42 bits per heavy atom. The molecule has 0 bridgehead atoms. The van der Waals surface area contributed by atoms with Gasteiger partial charge in [0, 0.05) is 25.3 Å². The topological polar surface area (TPSA) is 50.4 Å². The van der Waals surface area contributed by atoms with Crippen LogP contribution in [0.25, 0.3) is 0 Å². The van der Waals surface area contributed by atoms with Crippen molar-refractivity contribution in [3.63, 3.8) is 0 Å². The summed E-state index contributed by atoms with van der Waals surface area (Å²) < 4.78 is 44.0. The maximum absolute atomic E-state index is 13.3. The van der Waals surface area contributed by atoms with Gasteiger partial charge in [-0.05, 0) is 6.92 Å². The third-order valence-corrected chi connectivity index (χ3v) is 2.26. The van der Waals surface area contributed by atoms with E-state index < -0.39 is 29.0 Å². The van der Waals surface area contributed by atoms with Crippen LogP contribution in [0.5, 0.6) is 0 Å². The number of anilines is 1. The van der Waals surface area contributed by atoms with Crippen LogP contribution in [0.4, 0.5) is 18.9 Å². The Kier molecular flexibility index (Phi) is 5.62. The number of amides is 1. The number of carbonyl (C=O) groups excluding carboxylic acids is 1. The Labute approximate surface area is 108 Å². The Morgan fingerprint density at radius 2 is 1.89 bits per heavy atom. The number of benzene rings is 1. The minimum absolute atomic E-state index is 0.220. The van der Waals surface area contributed by atoms with Gasteiger partial charge in [-0.25, -0.2) is 13.2 Å². The second kappa shape index (κ2) is 6.98. The lowest BCUT2D eigenvalue weighted by Gasteiger charge is -2.14. The molecule has 19 heavy (non-hydrogen) atoms. The number of carbonyl (C=O) groups is 1. The predicted octanol–water partition coefficient (Wildman–Crippen LogP) is 1.67. The fourth-order valence-corrected chi connectivity index (χ4v) is 1.50. The molecule has 0 aliphatic heterocycles. The van der Waals surface area contributed by atoms with Crippen LogP contribution >= 0.6 is 0 Å². The van der Waals surface area contributed by atoms with Crippen LogP contribution in [0.3, 0.4) is 0 Å². The molecule has 1 amide bonds. The Morgan fingerprint density at radius 1 is 1.32 bits per heavy atom. The first-order chi connectivity index (χ1) is 8.93. The zero-order valence-electron chi connectivity index (χ0n) is 10.6. The molecule has 0 heterocycles. The van der Waals surface area contributed by atoms with E-state index in [4.69, 9.17) is 4.74 Å². The molecule has 1 aromatic rings. The van der Waals surface area contributed by atoms with E-state index in [0.29, 0.717) is 18.7 Å². The smallest absolute Gasteiger partial charge is 0.239 e. The molecule has 0 aliphatic rings. The number of nitrogens with one attached hydrogen (secondary N) is 2. The summed E-state index contributed by atoms with van der Waals surface area (Å²) >= 11 is 0. The van der Waals surface area contributed by atoms with Gasteiger partial charge in [0.1, 0.15) is 11.5 Å². The molecule has 0 radical (unpaired) electrons. The van der Waals surface area contributed by atoms with E-state index >= 15 is 0 Å². The second-order valence-corrected chi connectivity index (χ2v) is 4.02. The van der Waals surface area contributed by atoms with Crippen molar-refractivity contribution in [1.82, 2.24) is 5.32 Å². The van der Waals surface area contributed by atoms with Crippen molar-refractivity contribution in [3.8, 4) is 0 Å². The number of hydrogen-bond acceptors (Lipinski definition) is 3. The number of methoxy groups -OCH3 is 1. The molecule has 1 aromatic carbocycles. The molecule has 0 aromatic heterocycles. The SMILES string of the molecule is COCC(C)NC(=O)CNc1c(F)cc(F)cc1F. The number of halogens is 3. The van der Waals surface area contributed by atoms with Crippen molar-refractivity contribution in [1.29, 1.82) is 0 Å². The van der Waals surface area contributed by atoms with Crippen LogP contribution < -0.4 is 10.6 Å². The monoisotopic (exact) mass is 276 g/mol. The summed E-state index contributed by atoms with van der Waals surface area (Å²) in [5, 5.41) is 4.84.